The van der Waals surface area contributed by atoms with Gasteiger partial charge < -0.3 is 15.0 Å². The van der Waals surface area contributed by atoms with Crippen molar-refractivity contribution in [3.05, 3.63) is 59.2 Å². The van der Waals surface area contributed by atoms with Crippen molar-refractivity contribution in [2.75, 3.05) is 11.9 Å². The highest BCUT2D eigenvalue weighted by Gasteiger charge is 2.17. The minimum absolute atomic E-state index is 0.132. The summed E-state index contributed by atoms with van der Waals surface area (Å²) in [4.78, 5) is 20.3. The summed E-state index contributed by atoms with van der Waals surface area (Å²) in [6.07, 6.45) is 1.66. The second kappa shape index (κ2) is 7.36. The van der Waals surface area contributed by atoms with Crippen molar-refractivity contribution in [3.63, 3.8) is 0 Å². The standard InChI is InChI=1S/C20H18ClN5O2/c1-12-9-13(21)7-8-17(12)28-11-18(27)25-20-14(10-22-26(20)2)19-23-15-5-3-4-6-16(15)24-19/h3-10H,11H2,1-2H3,(H,23,24)(H,25,27). The van der Waals surface area contributed by atoms with E-state index in [4.69, 9.17) is 16.3 Å². The molecule has 0 atom stereocenters. The summed E-state index contributed by atoms with van der Waals surface area (Å²) in [5, 5.41) is 7.72. The van der Waals surface area contributed by atoms with Gasteiger partial charge in [0.2, 0.25) is 0 Å². The minimum atomic E-state index is -0.296. The van der Waals surface area contributed by atoms with Crippen molar-refractivity contribution >= 4 is 34.4 Å². The zero-order valence-corrected chi connectivity index (χ0v) is 16.1. The molecule has 1 amide bonds. The van der Waals surface area contributed by atoms with Crippen LogP contribution in [0.4, 0.5) is 5.82 Å². The first kappa shape index (κ1) is 18.1. The summed E-state index contributed by atoms with van der Waals surface area (Å²) >= 11 is 5.94. The van der Waals surface area contributed by atoms with Crippen LogP contribution in [-0.2, 0) is 11.8 Å². The molecule has 0 aliphatic carbocycles. The Morgan fingerprint density at radius 1 is 1.29 bits per heavy atom. The summed E-state index contributed by atoms with van der Waals surface area (Å²) in [7, 11) is 1.76. The van der Waals surface area contributed by atoms with Gasteiger partial charge in [-0.1, -0.05) is 23.7 Å². The van der Waals surface area contributed by atoms with Gasteiger partial charge in [0.15, 0.2) is 6.61 Å². The number of amides is 1. The molecule has 0 spiro atoms. The Morgan fingerprint density at radius 2 is 2.11 bits per heavy atom. The molecule has 0 bridgehead atoms. The number of fused-ring (bicyclic) bond motifs is 1. The van der Waals surface area contributed by atoms with Crippen LogP contribution in [0.1, 0.15) is 5.56 Å². The van der Waals surface area contributed by atoms with Gasteiger partial charge in [-0.15, -0.1) is 0 Å². The van der Waals surface area contributed by atoms with E-state index >= 15 is 0 Å². The average Bonchev–Trinajstić information content (AvgIpc) is 3.25. The van der Waals surface area contributed by atoms with Crippen LogP contribution in [0.5, 0.6) is 5.75 Å². The number of halogens is 1. The second-order valence-electron chi connectivity index (χ2n) is 6.38. The number of nitrogens with zero attached hydrogens (tertiary/aromatic N) is 3. The topological polar surface area (TPSA) is 84.8 Å². The molecule has 0 unspecified atom stereocenters. The van der Waals surface area contributed by atoms with Gasteiger partial charge in [0.1, 0.15) is 17.4 Å². The Morgan fingerprint density at radius 3 is 2.89 bits per heavy atom. The molecule has 0 saturated heterocycles. The molecule has 2 N–H and O–H groups in total. The van der Waals surface area contributed by atoms with Crippen LogP contribution in [0.3, 0.4) is 0 Å². The van der Waals surface area contributed by atoms with Crippen molar-refractivity contribution in [1.82, 2.24) is 19.7 Å². The van der Waals surface area contributed by atoms with Crippen LogP contribution in [-0.4, -0.2) is 32.3 Å². The number of carbonyl (C=O) groups is 1. The van der Waals surface area contributed by atoms with Gasteiger partial charge in [-0.2, -0.15) is 5.10 Å². The number of ether oxygens (including phenoxy) is 1. The molecular weight excluding hydrogens is 378 g/mol. The molecule has 4 aromatic rings. The first-order valence-electron chi connectivity index (χ1n) is 8.67. The molecule has 0 aliphatic rings. The number of carbonyl (C=O) groups excluding carboxylic acids is 1. The smallest absolute Gasteiger partial charge is 0.263 e. The summed E-state index contributed by atoms with van der Waals surface area (Å²) in [6.45, 7) is 1.74. The lowest BCUT2D eigenvalue weighted by Crippen LogP contribution is -2.22. The normalized spacial score (nSPS) is 11.0. The Hall–Kier alpha value is -3.32. The maximum absolute atomic E-state index is 12.4. The lowest BCUT2D eigenvalue weighted by atomic mass is 10.2. The number of aromatic amines is 1. The van der Waals surface area contributed by atoms with E-state index < -0.39 is 0 Å². The van der Waals surface area contributed by atoms with E-state index in [1.165, 1.54) is 0 Å². The molecule has 8 heteroatoms. The molecular formula is C20H18ClN5O2. The Labute approximate surface area is 166 Å². The zero-order valence-electron chi connectivity index (χ0n) is 15.4. The highest BCUT2D eigenvalue weighted by Crippen LogP contribution is 2.27. The maximum atomic E-state index is 12.4. The highest BCUT2D eigenvalue weighted by molar-refractivity contribution is 6.30. The Kier molecular flexibility index (Phi) is 4.75. The predicted molar refractivity (Wildman–Crippen MR) is 109 cm³/mol. The number of benzene rings is 2. The van der Waals surface area contributed by atoms with Crippen molar-refractivity contribution in [1.29, 1.82) is 0 Å². The van der Waals surface area contributed by atoms with Crippen molar-refractivity contribution in [2.24, 2.45) is 7.05 Å². The van der Waals surface area contributed by atoms with Gasteiger partial charge in [0.25, 0.3) is 5.91 Å². The van der Waals surface area contributed by atoms with Gasteiger partial charge in [0.05, 0.1) is 22.8 Å². The predicted octanol–water partition coefficient (Wildman–Crippen LogP) is 3.94. The number of anilines is 1. The molecule has 2 heterocycles. The maximum Gasteiger partial charge on any atom is 0.263 e. The summed E-state index contributed by atoms with van der Waals surface area (Å²) in [5.41, 5.74) is 3.33. The molecule has 2 aromatic heterocycles. The van der Waals surface area contributed by atoms with Crippen LogP contribution in [0, 0.1) is 6.92 Å². The van der Waals surface area contributed by atoms with Gasteiger partial charge >= 0.3 is 0 Å². The van der Waals surface area contributed by atoms with Gasteiger partial charge in [-0.05, 0) is 42.8 Å². The molecule has 28 heavy (non-hydrogen) atoms. The summed E-state index contributed by atoms with van der Waals surface area (Å²) < 4.78 is 7.20. The van der Waals surface area contributed by atoms with Crippen LogP contribution in [0.25, 0.3) is 22.4 Å². The van der Waals surface area contributed by atoms with E-state index in [0.717, 1.165) is 16.6 Å². The third-order valence-corrected chi connectivity index (χ3v) is 4.57. The third-order valence-electron chi connectivity index (χ3n) is 4.34. The first-order chi connectivity index (χ1) is 13.5. The first-order valence-corrected chi connectivity index (χ1v) is 9.05. The number of aromatic nitrogens is 4. The quantitative estimate of drug-likeness (QED) is 0.536. The van der Waals surface area contributed by atoms with Crippen molar-refractivity contribution in [3.8, 4) is 17.1 Å². The molecule has 142 valence electrons. The van der Waals surface area contributed by atoms with Gasteiger partial charge in [-0.3, -0.25) is 9.48 Å². The fraction of sp³-hybridized carbons (Fsp3) is 0.150. The monoisotopic (exact) mass is 395 g/mol. The molecule has 0 radical (unpaired) electrons. The van der Waals surface area contributed by atoms with E-state index in [1.54, 1.807) is 36.1 Å². The van der Waals surface area contributed by atoms with Gasteiger partial charge in [0, 0.05) is 12.1 Å². The molecule has 4 rings (SSSR count). The lowest BCUT2D eigenvalue weighted by Gasteiger charge is -2.11. The number of H-pyrrole nitrogens is 1. The number of nitrogens with one attached hydrogen (secondary N) is 2. The van der Waals surface area contributed by atoms with Crippen LogP contribution < -0.4 is 10.1 Å². The molecule has 0 fully saturated rings. The number of rotatable bonds is 5. The van der Waals surface area contributed by atoms with Crippen LogP contribution >= 0.6 is 11.6 Å². The zero-order chi connectivity index (χ0) is 19.7. The van der Waals surface area contributed by atoms with Crippen LogP contribution in [0.2, 0.25) is 5.02 Å². The van der Waals surface area contributed by atoms with E-state index in [0.29, 0.717) is 28.0 Å². The fourth-order valence-electron chi connectivity index (χ4n) is 2.93. The second-order valence-corrected chi connectivity index (χ2v) is 6.82. The number of hydrogen-bond acceptors (Lipinski definition) is 4. The average molecular weight is 396 g/mol. The van der Waals surface area contributed by atoms with Crippen molar-refractivity contribution in [2.45, 2.75) is 6.92 Å². The van der Waals surface area contributed by atoms with Crippen LogP contribution in [0.15, 0.2) is 48.7 Å². The number of aryl methyl sites for hydroxylation is 2. The van der Waals surface area contributed by atoms with Gasteiger partial charge in [-0.25, -0.2) is 4.98 Å². The largest absolute Gasteiger partial charge is 0.483 e. The minimum Gasteiger partial charge on any atom is -0.483 e. The highest BCUT2D eigenvalue weighted by atomic mass is 35.5. The number of para-hydroxylation sites is 2. The molecule has 0 aliphatic heterocycles. The molecule has 2 aromatic carbocycles. The molecule has 0 saturated carbocycles. The molecule has 7 nitrogen and oxygen atoms in total. The van der Waals surface area contributed by atoms with Crippen molar-refractivity contribution < 1.29 is 9.53 Å². The van der Waals surface area contributed by atoms with E-state index in [2.05, 4.69) is 20.4 Å². The van der Waals surface area contributed by atoms with E-state index in [9.17, 15) is 4.79 Å². The summed E-state index contributed by atoms with van der Waals surface area (Å²) in [6, 6.07) is 13.0. The SMILES string of the molecule is Cc1cc(Cl)ccc1OCC(=O)Nc1c(-c2nc3ccccc3[nH]2)cnn1C. The summed E-state index contributed by atoms with van der Waals surface area (Å²) in [5.74, 6) is 1.50. The Bertz CT molecular complexity index is 1130. The number of hydrogen-bond donors (Lipinski definition) is 2. The Balaban J connectivity index is 1.51. The lowest BCUT2D eigenvalue weighted by molar-refractivity contribution is -0.118. The number of imidazole rings is 1. The van der Waals surface area contributed by atoms with E-state index in [1.807, 2.05) is 31.2 Å². The fourth-order valence-corrected chi connectivity index (χ4v) is 3.15. The van der Waals surface area contributed by atoms with E-state index in [-0.39, 0.29) is 12.5 Å². The third kappa shape index (κ3) is 3.57.